The van der Waals surface area contributed by atoms with Crippen LogP contribution in [-0.4, -0.2) is 39.9 Å². The predicted molar refractivity (Wildman–Crippen MR) is 102 cm³/mol. The second-order valence-electron chi connectivity index (χ2n) is 5.48. The zero-order valence-electron chi connectivity index (χ0n) is 14.6. The molecule has 140 valence electrons. The quantitative estimate of drug-likeness (QED) is 0.473. The lowest BCUT2D eigenvalue weighted by Crippen LogP contribution is -2.14. The van der Waals surface area contributed by atoms with Crippen LogP contribution in [0.3, 0.4) is 0 Å². The van der Waals surface area contributed by atoms with Crippen LogP contribution in [0, 0.1) is 6.92 Å². The summed E-state index contributed by atoms with van der Waals surface area (Å²) < 4.78 is 10.2. The molecule has 0 radical (unpaired) electrons. The lowest BCUT2D eigenvalue weighted by Gasteiger charge is -1.99. The van der Waals surface area contributed by atoms with E-state index in [1.807, 2.05) is 31.2 Å². The van der Waals surface area contributed by atoms with Crippen molar-refractivity contribution in [3.63, 3.8) is 0 Å². The number of aryl methyl sites for hydroxylation is 1. The molecule has 3 rings (SSSR count). The van der Waals surface area contributed by atoms with Crippen molar-refractivity contribution in [3.8, 4) is 11.5 Å². The highest BCUT2D eigenvalue weighted by molar-refractivity contribution is 7.99. The van der Waals surface area contributed by atoms with Gasteiger partial charge in [-0.3, -0.25) is 9.59 Å². The van der Waals surface area contributed by atoms with Gasteiger partial charge in [0.2, 0.25) is 11.8 Å². The Morgan fingerprint density at radius 2 is 2.19 bits per heavy atom. The summed E-state index contributed by atoms with van der Waals surface area (Å²) >= 11 is 2.38. The Kier molecular flexibility index (Phi) is 6.20. The monoisotopic (exact) mass is 404 g/mol. The predicted octanol–water partition coefficient (Wildman–Crippen LogP) is 2.95. The SMILES string of the molecule is COC(=O)Cc1csc(NC(=O)CSc2nnc(-c3cccc(C)c3)o2)n1. The van der Waals surface area contributed by atoms with Crippen LogP contribution >= 0.6 is 23.1 Å². The summed E-state index contributed by atoms with van der Waals surface area (Å²) in [7, 11) is 1.32. The topological polar surface area (TPSA) is 107 Å². The Morgan fingerprint density at radius 1 is 1.33 bits per heavy atom. The van der Waals surface area contributed by atoms with Crippen molar-refractivity contribution in [1.29, 1.82) is 0 Å². The summed E-state index contributed by atoms with van der Waals surface area (Å²) in [5.74, 6) is -0.126. The number of methoxy groups -OCH3 is 1. The zero-order chi connectivity index (χ0) is 19.2. The number of amides is 1. The number of nitrogens with one attached hydrogen (secondary N) is 1. The number of carbonyl (C=O) groups excluding carboxylic acids is 2. The second-order valence-corrected chi connectivity index (χ2v) is 7.26. The van der Waals surface area contributed by atoms with Crippen LogP contribution in [0.1, 0.15) is 11.3 Å². The molecule has 0 fully saturated rings. The van der Waals surface area contributed by atoms with E-state index in [9.17, 15) is 9.59 Å². The molecular formula is C17H16N4O4S2. The first-order chi connectivity index (χ1) is 13.0. The average molecular weight is 404 g/mol. The molecule has 27 heavy (non-hydrogen) atoms. The van der Waals surface area contributed by atoms with Crippen molar-refractivity contribution >= 4 is 40.1 Å². The zero-order valence-corrected chi connectivity index (χ0v) is 16.2. The molecule has 2 aromatic heterocycles. The Hall–Kier alpha value is -2.72. The Morgan fingerprint density at radius 3 is 2.96 bits per heavy atom. The van der Waals surface area contributed by atoms with Gasteiger partial charge in [0.25, 0.3) is 5.22 Å². The smallest absolute Gasteiger partial charge is 0.311 e. The lowest BCUT2D eigenvalue weighted by molar-refractivity contribution is -0.139. The lowest BCUT2D eigenvalue weighted by atomic mass is 10.1. The average Bonchev–Trinajstić information content (AvgIpc) is 3.29. The highest BCUT2D eigenvalue weighted by Gasteiger charge is 2.13. The van der Waals surface area contributed by atoms with Crippen LogP contribution < -0.4 is 5.32 Å². The van der Waals surface area contributed by atoms with E-state index in [-0.39, 0.29) is 24.1 Å². The molecule has 3 aromatic rings. The summed E-state index contributed by atoms with van der Waals surface area (Å²) in [6.07, 6.45) is 0.0708. The normalized spacial score (nSPS) is 10.6. The highest BCUT2D eigenvalue weighted by atomic mass is 32.2. The van der Waals surface area contributed by atoms with Crippen LogP contribution in [-0.2, 0) is 20.7 Å². The van der Waals surface area contributed by atoms with Crippen molar-refractivity contribution in [3.05, 3.63) is 40.9 Å². The molecule has 0 bridgehead atoms. The van der Waals surface area contributed by atoms with E-state index in [0.717, 1.165) is 22.9 Å². The number of nitrogens with zero attached hydrogens (tertiary/aromatic N) is 3. The second kappa shape index (κ2) is 8.78. The molecule has 1 aromatic carbocycles. The van der Waals surface area contributed by atoms with Gasteiger partial charge in [0.15, 0.2) is 5.13 Å². The highest BCUT2D eigenvalue weighted by Crippen LogP contribution is 2.24. The number of carbonyl (C=O) groups is 2. The van der Waals surface area contributed by atoms with Crippen LogP contribution in [0.25, 0.3) is 11.5 Å². The molecule has 10 heteroatoms. The molecule has 0 atom stereocenters. The summed E-state index contributed by atoms with van der Waals surface area (Å²) in [4.78, 5) is 27.4. The number of thioether (sulfide) groups is 1. The number of rotatable bonds is 7. The molecule has 1 amide bonds. The van der Waals surface area contributed by atoms with Gasteiger partial charge in [0.05, 0.1) is 25.0 Å². The number of benzene rings is 1. The number of hydrogen-bond acceptors (Lipinski definition) is 9. The van der Waals surface area contributed by atoms with Gasteiger partial charge in [0.1, 0.15) is 0 Å². The van der Waals surface area contributed by atoms with Gasteiger partial charge >= 0.3 is 5.97 Å². The van der Waals surface area contributed by atoms with E-state index in [1.165, 1.54) is 18.4 Å². The van der Waals surface area contributed by atoms with Crippen molar-refractivity contribution in [2.75, 3.05) is 18.2 Å². The molecular weight excluding hydrogens is 388 g/mol. The maximum atomic E-state index is 12.0. The number of esters is 1. The van der Waals surface area contributed by atoms with Crippen LogP contribution in [0.4, 0.5) is 5.13 Å². The first-order valence-electron chi connectivity index (χ1n) is 7.88. The number of anilines is 1. The molecule has 0 saturated heterocycles. The van der Waals surface area contributed by atoms with Crippen molar-refractivity contribution in [2.45, 2.75) is 18.6 Å². The van der Waals surface area contributed by atoms with Gasteiger partial charge in [-0.2, -0.15) is 0 Å². The molecule has 1 N–H and O–H groups in total. The largest absolute Gasteiger partial charge is 0.469 e. The van der Waals surface area contributed by atoms with Crippen molar-refractivity contribution in [1.82, 2.24) is 15.2 Å². The summed E-state index contributed by atoms with van der Waals surface area (Å²) in [5, 5.41) is 13.1. The molecule has 0 aliphatic heterocycles. The fraction of sp³-hybridized carbons (Fsp3) is 0.235. The maximum absolute atomic E-state index is 12.0. The minimum atomic E-state index is -0.380. The Labute approximate surface area is 163 Å². The Bertz CT molecular complexity index is 954. The fourth-order valence-electron chi connectivity index (χ4n) is 2.11. The number of thiazole rings is 1. The van der Waals surface area contributed by atoms with E-state index >= 15 is 0 Å². The molecule has 0 saturated carbocycles. The number of ether oxygens (including phenoxy) is 1. The molecule has 0 spiro atoms. The van der Waals surface area contributed by atoms with E-state index in [2.05, 4.69) is 25.2 Å². The fourth-order valence-corrected chi connectivity index (χ4v) is 3.40. The van der Waals surface area contributed by atoms with Gasteiger partial charge in [0, 0.05) is 10.9 Å². The third-order valence-electron chi connectivity index (χ3n) is 3.35. The summed E-state index contributed by atoms with van der Waals surface area (Å²) in [5.41, 5.74) is 2.48. The van der Waals surface area contributed by atoms with E-state index in [0.29, 0.717) is 21.9 Å². The molecule has 0 aliphatic carbocycles. The van der Waals surface area contributed by atoms with Gasteiger partial charge in [-0.1, -0.05) is 29.5 Å². The molecule has 0 aliphatic rings. The van der Waals surface area contributed by atoms with Gasteiger partial charge in [-0.25, -0.2) is 4.98 Å². The first-order valence-corrected chi connectivity index (χ1v) is 9.74. The third-order valence-corrected chi connectivity index (χ3v) is 4.97. The molecule has 8 nitrogen and oxygen atoms in total. The summed E-state index contributed by atoms with van der Waals surface area (Å²) in [6, 6.07) is 7.73. The van der Waals surface area contributed by atoms with Crippen LogP contribution in [0.2, 0.25) is 0 Å². The van der Waals surface area contributed by atoms with E-state index in [4.69, 9.17) is 4.42 Å². The maximum Gasteiger partial charge on any atom is 0.311 e. The minimum absolute atomic E-state index is 0.0708. The minimum Gasteiger partial charge on any atom is -0.469 e. The number of aromatic nitrogens is 3. The van der Waals surface area contributed by atoms with Crippen molar-refractivity contribution in [2.24, 2.45) is 0 Å². The van der Waals surface area contributed by atoms with Crippen molar-refractivity contribution < 1.29 is 18.7 Å². The first kappa shape index (κ1) is 19.1. The third kappa shape index (κ3) is 5.38. The van der Waals surface area contributed by atoms with E-state index < -0.39 is 0 Å². The van der Waals surface area contributed by atoms with Gasteiger partial charge in [-0.05, 0) is 19.1 Å². The molecule has 0 unspecified atom stereocenters. The van der Waals surface area contributed by atoms with Gasteiger partial charge in [-0.15, -0.1) is 21.5 Å². The Balaban J connectivity index is 1.52. The van der Waals surface area contributed by atoms with Crippen LogP contribution in [0.15, 0.2) is 39.3 Å². The summed E-state index contributed by atoms with van der Waals surface area (Å²) in [6.45, 7) is 1.98. The van der Waals surface area contributed by atoms with E-state index in [1.54, 1.807) is 5.38 Å². The molecule has 2 heterocycles. The number of hydrogen-bond donors (Lipinski definition) is 1. The van der Waals surface area contributed by atoms with Gasteiger partial charge < -0.3 is 14.5 Å². The standard InChI is InChI=1S/C17H16N4O4S2/c1-10-4-3-5-11(6-10)15-20-21-17(25-15)27-9-13(22)19-16-18-12(8-26-16)7-14(23)24-2/h3-6,8H,7,9H2,1-2H3,(H,18,19,22). The van der Waals surface area contributed by atoms with Crippen LogP contribution in [0.5, 0.6) is 0 Å².